The Bertz CT molecular complexity index is 920. The molecule has 5 nitrogen and oxygen atoms in total. The summed E-state index contributed by atoms with van der Waals surface area (Å²) in [5.41, 5.74) is 0. The first kappa shape index (κ1) is 60.8. The third-order valence-electron chi connectivity index (χ3n) is 13.3. The molecule has 5 heteroatoms. The number of hydrogen-bond acceptors (Lipinski definition) is 4. The fourth-order valence-electron chi connectivity index (χ4n) is 8.95. The SMILES string of the molecule is CCCCCCCCCCCC/C=C/CC/C=C/CCCC(O)C(O)C(CO)NC(=O)CCCCCCCCCCCCCCCCCCCCCCCCCCCCCCC. The summed E-state index contributed by atoms with van der Waals surface area (Å²) in [4.78, 5) is 12.5. The van der Waals surface area contributed by atoms with Gasteiger partial charge in [-0.25, -0.2) is 0 Å². The Morgan fingerprint density at radius 2 is 0.661 bits per heavy atom. The van der Waals surface area contributed by atoms with Gasteiger partial charge in [-0.3, -0.25) is 4.79 Å². The van der Waals surface area contributed by atoms with E-state index in [1.54, 1.807) is 0 Å². The van der Waals surface area contributed by atoms with Crippen molar-refractivity contribution in [3.8, 4) is 0 Å². The molecule has 0 aliphatic heterocycles. The van der Waals surface area contributed by atoms with Crippen LogP contribution in [0.15, 0.2) is 24.3 Å². The molecule has 0 saturated carbocycles. The average Bonchev–Trinajstić information content (AvgIpc) is 3.28. The molecule has 0 saturated heterocycles. The van der Waals surface area contributed by atoms with E-state index in [0.717, 1.165) is 44.9 Å². The molecule has 0 fully saturated rings. The van der Waals surface area contributed by atoms with Crippen molar-refractivity contribution in [2.75, 3.05) is 6.61 Å². The van der Waals surface area contributed by atoms with E-state index in [9.17, 15) is 20.1 Å². The van der Waals surface area contributed by atoms with E-state index in [4.69, 9.17) is 0 Å². The lowest BCUT2D eigenvalue weighted by molar-refractivity contribution is -0.124. The summed E-state index contributed by atoms with van der Waals surface area (Å²) in [6, 6.07) is -0.830. The van der Waals surface area contributed by atoms with E-state index in [0.29, 0.717) is 12.8 Å². The van der Waals surface area contributed by atoms with Gasteiger partial charge in [-0.05, 0) is 51.4 Å². The van der Waals surface area contributed by atoms with Crippen molar-refractivity contribution in [1.82, 2.24) is 5.32 Å². The number of amides is 1. The van der Waals surface area contributed by atoms with Gasteiger partial charge in [0.25, 0.3) is 0 Å². The molecule has 3 atom stereocenters. The van der Waals surface area contributed by atoms with Gasteiger partial charge in [-0.15, -0.1) is 0 Å². The van der Waals surface area contributed by atoms with E-state index in [1.165, 1.54) is 238 Å². The van der Waals surface area contributed by atoms with Crippen LogP contribution in [0.2, 0.25) is 0 Å². The van der Waals surface area contributed by atoms with Crippen molar-refractivity contribution in [2.45, 2.75) is 327 Å². The highest BCUT2D eigenvalue weighted by molar-refractivity contribution is 5.76. The van der Waals surface area contributed by atoms with Crippen molar-refractivity contribution in [2.24, 2.45) is 0 Å². The summed E-state index contributed by atoms with van der Waals surface area (Å²) in [7, 11) is 0. The number of rotatable bonds is 52. The third kappa shape index (κ3) is 46.8. The fourth-order valence-corrected chi connectivity index (χ4v) is 8.95. The Kier molecular flexibility index (Phi) is 51.5. The maximum Gasteiger partial charge on any atom is 0.220 e. The molecule has 0 aromatic rings. The number of allylic oxidation sites excluding steroid dienone is 4. The van der Waals surface area contributed by atoms with Crippen LogP contribution < -0.4 is 5.32 Å². The molecule has 4 N–H and O–H groups in total. The zero-order chi connectivity index (χ0) is 45.1. The second kappa shape index (κ2) is 52.5. The summed E-state index contributed by atoms with van der Waals surface area (Å²) < 4.78 is 0. The molecule has 3 unspecified atom stereocenters. The van der Waals surface area contributed by atoms with Gasteiger partial charge in [0.2, 0.25) is 5.91 Å². The molecule has 0 aromatic heterocycles. The van der Waals surface area contributed by atoms with Crippen molar-refractivity contribution in [3.63, 3.8) is 0 Å². The summed E-state index contributed by atoms with van der Waals surface area (Å²) >= 11 is 0. The molecule has 0 bridgehead atoms. The van der Waals surface area contributed by atoms with E-state index < -0.39 is 18.2 Å². The fraction of sp³-hybridized carbons (Fsp3) is 0.912. The number of aliphatic hydroxyl groups excluding tert-OH is 3. The lowest BCUT2D eigenvalue weighted by atomic mass is 10.0. The number of nitrogens with one attached hydrogen (secondary N) is 1. The second-order valence-corrected chi connectivity index (χ2v) is 19.5. The quantitative estimate of drug-likeness (QED) is 0.0362. The second-order valence-electron chi connectivity index (χ2n) is 19.5. The van der Waals surface area contributed by atoms with E-state index >= 15 is 0 Å². The Morgan fingerprint density at radius 1 is 0.387 bits per heavy atom. The van der Waals surface area contributed by atoms with Crippen LogP contribution in [-0.4, -0.2) is 46.1 Å². The highest BCUT2D eigenvalue weighted by Crippen LogP contribution is 2.18. The molecular weight excluding hydrogens is 763 g/mol. The smallest absolute Gasteiger partial charge is 0.220 e. The summed E-state index contributed by atoms with van der Waals surface area (Å²) in [5, 5.41) is 33.7. The molecule has 0 aromatic carbocycles. The largest absolute Gasteiger partial charge is 0.394 e. The summed E-state index contributed by atoms with van der Waals surface area (Å²) in [6.45, 7) is 4.20. The Balaban J connectivity index is 3.54. The number of carbonyl (C=O) groups is 1. The Labute approximate surface area is 388 Å². The lowest BCUT2D eigenvalue weighted by Crippen LogP contribution is -2.50. The first-order valence-corrected chi connectivity index (χ1v) is 28.1. The molecular formula is C57H111NO4. The number of hydrogen-bond donors (Lipinski definition) is 4. The van der Waals surface area contributed by atoms with Crippen LogP contribution in [0, 0.1) is 0 Å². The molecule has 0 rings (SSSR count). The van der Waals surface area contributed by atoms with Gasteiger partial charge in [0.15, 0.2) is 0 Å². The number of carbonyl (C=O) groups excluding carboxylic acids is 1. The summed E-state index contributed by atoms with van der Waals surface area (Å²) in [5.74, 6) is -0.152. The molecule has 0 spiro atoms. The normalized spacial score (nSPS) is 13.4. The minimum Gasteiger partial charge on any atom is -0.394 e. The zero-order valence-corrected chi connectivity index (χ0v) is 42.0. The van der Waals surface area contributed by atoms with Gasteiger partial charge in [-0.1, -0.05) is 276 Å². The van der Waals surface area contributed by atoms with Crippen molar-refractivity contribution in [3.05, 3.63) is 24.3 Å². The predicted octanol–water partition coefficient (Wildman–Crippen LogP) is 17.3. The van der Waals surface area contributed by atoms with E-state index in [1.807, 2.05) is 0 Å². The lowest BCUT2D eigenvalue weighted by Gasteiger charge is -2.26. The first-order chi connectivity index (χ1) is 30.6. The van der Waals surface area contributed by atoms with Gasteiger partial charge < -0.3 is 20.6 Å². The monoisotopic (exact) mass is 874 g/mol. The first-order valence-electron chi connectivity index (χ1n) is 28.1. The maximum absolute atomic E-state index is 12.5. The molecule has 62 heavy (non-hydrogen) atoms. The van der Waals surface area contributed by atoms with E-state index in [-0.39, 0.29) is 12.5 Å². The van der Waals surface area contributed by atoms with Crippen molar-refractivity contribution < 1.29 is 20.1 Å². The standard InChI is InChI=1S/C57H111NO4/c1-3-5-7-9-11-13-15-17-19-21-23-24-25-26-27-28-29-30-31-32-34-36-38-40-42-44-46-48-50-52-56(61)58-54(53-59)57(62)55(60)51-49-47-45-43-41-39-37-35-33-22-20-18-16-14-12-10-8-6-4-2/h35,37,43,45,54-55,57,59-60,62H,3-34,36,38-42,44,46-53H2,1-2H3,(H,58,61)/b37-35+,45-43+. The molecule has 368 valence electrons. The van der Waals surface area contributed by atoms with Gasteiger partial charge in [-0.2, -0.15) is 0 Å². The van der Waals surface area contributed by atoms with Crippen LogP contribution in [-0.2, 0) is 4.79 Å². The maximum atomic E-state index is 12.5. The van der Waals surface area contributed by atoms with Crippen LogP contribution in [0.25, 0.3) is 0 Å². The van der Waals surface area contributed by atoms with Crippen LogP contribution in [0.5, 0.6) is 0 Å². The Morgan fingerprint density at radius 3 is 0.984 bits per heavy atom. The van der Waals surface area contributed by atoms with Crippen molar-refractivity contribution in [1.29, 1.82) is 0 Å². The van der Waals surface area contributed by atoms with Crippen LogP contribution in [0.4, 0.5) is 0 Å². The van der Waals surface area contributed by atoms with Crippen LogP contribution in [0.3, 0.4) is 0 Å². The third-order valence-corrected chi connectivity index (χ3v) is 13.3. The highest BCUT2D eigenvalue weighted by atomic mass is 16.3. The zero-order valence-electron chi connectivity index (χ0n) is 42.0. The molecule has 0 heterocycles. The van der Waals surface area contributed by atoms with Crippen LogP contribution in [0.1, 0.15) is 309 Å². The van der Waals surface area contributed by atoms with Gasteiger partial charge >= 0.3 is 0 Å². The predicted molar refractivity (Wildman–Crippen MR) is 273 cm³/mol. The minimum absolute atomic E-state index is 0.152. The van der Waals surface area contributed by atoms with E-state index in [2.05, 4.69) is 43.5 Å². The molecule has 1 amide bonds. The molecule has 0 radical (unpaired) electrons. The number of aliphatic hydroxyl groups is 3. The van der Waals surface area contributed by atoms with Gasteiger partial charge in [0, 0.05) is 6.42 Å². The van der Waals surface area contributed by atoms with Gasteiger partial charge in [0.1, 0.15) is 6.10 Å². The molecule has 0 aliphatic carbocycles. The Hall–Kier alpha value is -1.17. The number of unbranched alkanes of at least 4 members (excludes halogenated alkanes) is 40. The highest BCUT2D eigenvalue weighted by Gasteiger charge is 2.26. The molecule has 0 aliphatic rings. The average molecular weight is 875 g/mol. The minimum atomic E-state index is -1.16. The summed E-state index contributed by atoms with van der Waals surface area (Å²) in [6.07, 6.45) is 66.2. The van der Waals surface area contributed by atoms with Gasteiger partial charge in [0.05, 0.1) is 18.8 Å². The van der Waals surface area contributed by atoms with Crippen molar-refractivity contribution >= 4 is 5.91 Å². The van der Waals surface area contributed by atoms with Crippen LogP contribution >= 0.6 is 0 Å². The topological polar surface area (TPSA) is 89.8 Å².